The molecule has 0 aromatic carbocycles. The zero-order valence-corrected chi connectivity index (χ0v) is 12.8. The summed E-state index contributed by atoms with van der Waals surface area (Å²) >= 11 is 6.73. The number of thiazole rings is 1. The molecule has 1 aromatic rings. The highest BCUT2D eigenvalue weighted by molar-refractivity contribution is 9.11. The smallest absolute Gasteiger partial charge is 0.110 e. The fourth-order valence-corrected chi connectivity index (χ4v) is 3.37. The van der Waals surface area contributed by atoms with Crippen LogP contribution >= 0.6 is 39.0 Å². The molecule has 0 saturated carbocycles. The molecule has 2 N–H and O–H groups in total. The minimum absolute atomic E-state index is 0.198. The maximum Gasteiger partial charge on any atom is 0.110 e. The van der Waals surface area contributed by atoms with Crippen molar-refractivity contribution >= 4 is 39.0 Å². The van der Waals surface area contributed by atoms with Crippen LogP contribution in [-0.4, -0.2) is 34.2 Å². The maximum absolute atomic E-state index is 9.20. The van der Waals surface area contributed by atoms with E-state index in [0.29, 0.717) is 0 Å². The molecule has 3 nitrogen and oxygen atoms in total. The molecule has 3 unspecified atom stereocenters. The number of nitrogens with one attached hydrogen (secondary N) is 1. The van der Waals surface area contributed by atoms with Gasteiger partial charge in [-0.2, -0.15) is 11.8 Å². The van der Waals surface area contributed by atoms with Crippen molar-refractivity contribution in [1.29, 1.82) is 0 Å². The van der Waals surface area contributed by atoms with Gasteiger partial charge in [-0.05, 0) is 36.0 Å². The van der Waals surface area contributed by atoms with Crippen LogP contribution in [0.1, 0.15) is 24.9 Å². The van der Waals surface area contributed by atoms with E-state index in [1.54, 1.807) is 23.1 Å². The van der Waals surface area contributed by atoms with Crippen molar-refractivity contribution in [2.45, 2.75) is 31.2 Å². The van der Waals surface area contributed by atoms with Gasteiger partial charge in [-0.3, -0.25) is 0 Å². The highest BCUT2D eigenvalue weighted by Crippen LogP contribution is 2.25. The Kier molecular flexibility index (Phi) is 6.28. The Morgan fingerprint density at radius 1 is 1.62 bits per heavy atom. The summed E-state index contributed by atoms with van der Waals surface area (Å²) in [6.45, 7) is 4.39. The van der Waals surface area contributed by atoms with Gasteiger partial charge < -0.3 is 10.4 Å². The number of aliphatic hydroxyl groups excluding tert-OH is 1. The summed E-state index contributed by atoms with van der Waals surface area (Å²) < 4.78 is 1.05. The normalized spacial score (nSPS) is 17.1. The minimum Gasteiger partial charge on any atom is -0.395 e. The first kappa shape index (κ1) is 14.4. The summed E-state index contributed by atoms with van der Waals surface area (Å²) in [7, 11) is 0. The third kappa shape index (κ3) is 4.00. The van der Waals surface area contributed by atoms with Crippen molar-refractivity contribution in [3.8, 4) is 0 Å². The molecule has 0 saturated heterocycles. The number of aliphatic hydroxyl groups is 1. The lowest BCUT2D eigenvalue weighted by molar-refractivity contribution is 0.272. The van der Waals surface area contributed by atoms with Gasteiger partial charge in [0.05, 0.1) is 22.6 Å². The zero-order valence-electron chi connectivity index (χ0n) is 9.61. The van der Waals surface area contributed by atoms with E-state index in [0.717, 1.165) is 8.79 Å². The average Bonchev–Trinajstić information content (AvgIpc) is 2.66. The van der Waals surface area contributed by atoms with Crippen LogP contribution in [0.2, 0.25) is 0 Å². The summed E-state index contributed by atoms with van der Waals surface area (Å²) in [6.07, 6.45) is 3.84. The molecule has 0 spiro atoms. The van der Waals surface area contributed by atoms with Crippen molar-refractivity contribution in [1.82, 2.24) is 10.3 Å². The Morgan fingerprint density at radius 3 is 2.75 bits per heavy atom. The first-order chi connectivity index (χ1) is 7.58. The largest absolute Gasteiger partial charge is 0.395 e. The number of hydrogen-bond acceptors (Lipinski definition) is 5. The van der Waals surface area contributed by atoms with Gasteiger partial charge in [-0.25, -0.2) is 4.98 Å². The SMILES string of the molecule is CSC(CO)C(C)NC(C)c1ncc(Br)s1. The molecule has 16 heavy (non-hydrogen) atoms. The monoisotopic (exact) mass is 324 g/mol. The maximum atomic E-state index is 9.20. The number of hydrogen-bond donors (Lipinski definition) is 2. The Balaban J connectivity index is 2.53. The molecule has 0 aliphatic rings. The van der Waals surface area contributed by atoms with Crippen LogP contribution in [0.25, 0.3) is 0 Å². The Hall–Kier alpha value is 0.380. The van der Waals surface area contributed by atoms with E-state index in [2.05, 4.69) is 40.1 Å². The fourth-order valence-electron chi connectivity index (χ4n) is 1.48. The van der Waals surface area contributed by atoms with Crippen LogP contribution in [0, 0.1) is 0 Å². The lowest BCUT2D eigenvalue weighted by Gasteiger charge is -2.24. The Morgan fingerprint density at radius 2 is 2.31 bits per heavy atom. The first-order valence-electron chi connectivity index (χ1n) is 5.09. The molecule has 0 aliphatic carbocycles. The molecule has 1 heterocycles. The molecule has 0 fully saturated rings. The van der Waals surface area contributed by atoms with Crippen molar-refractivity contribution in [2.24, 2.45) is 0 Å². The molecule has 6 heteroatoms. The van der Waals surface area contributed by atoms with Gasteiger partial charge in [0.2, 0.25) is 0 Å². The van der Waals surface area contributed by atoms with E-state index in [9.17, 15) is 5.11 Å². The van der Waals surface area contributed by atoms with Crippen molar-refractivity contribution < 1.29 is 5.11 Å². The van der Waals surface area contributed by atoms with Crippen molar-refractivity contribution in [2.75, 3.05) is 12.9 Å². The third-order valence-electron chi connectivity index (χ3n) is 2.42. The number of nitrogens with zero attached hydrogens (tertiary/aromatic N) is 1. The van der Waals surface area contributed by atoms with E-state index in [1.165, 1.54) is 0 Å². The second-order valence-electron chi connectivity index (χ2n) is 3.64. The number of aromatic nitrogens is 1. The van der Waals surface area contributed by atoms with Gasteiger partial charge >= 0.3 is 0 Å². The third-order valence-corrected chi connectivity index (χ3v) is 5.24. The molecular formula is C10H17BrN2OS2. The summed E-state index contributed by atoms with van der Waals surface area (Å²) in [5.41, 5.74) is 0. The molecule has 0 radical (unpaired) electrons. The standard InChI is InChI=1S/C10H17BrN2OS2/c1-6(8(5-14)15-3)13-7(2)10-12-4-9(11)16-10/h4,6-8,13-14H,5H2,1-3H3. The first-order valence-corrected chi connectivity index (χ1v) is 7.99. The molecule has 0 amide bonds. The van der Waals surface area contributed by atoms with Crippen molar-refractivity contribution in [3.63, 3.8) is 0 Å². The molecule has 1 aromatic heterocycles. The van der Waals surface area contributed by atoms with Gasteiger partial charge in [-0.15, -0.1) is 11.3 Å². The van der Waals surface area contributed by atoms with Crippen LogP contribution in [-0.2, 0) is 0 Å². The minimum atomic E-state index is 0.198. The van der Waals surface area contributed by atoms with E-state index in [1.807, 2.05) is 12.5 Å². The summed E-state index contributed by atoms with van der Waals surface area (Å²) in [6, 6.07) is 0.477. The quantitative estimate of drug-likeness (QED) is 0.844. The second kappa shape index (κ2) is 6.96. The lowest BCUT2D eigenvalue weighted by Crippen LogP contribution is -2.38. The van der Waals surface area contributed by atoms with Crippen LogP contribution < -0.4 is 5.32 Å². The molecule has 0 bridgehead atoms. The second-order valence-corrected chi connectivity index (χ2v) is 7.15. The molecule has 3 atom stereocenters. The van der Waals surface area contributed by atoms with E-state index in [-0.39, 0.29) is 23.9 Å². The van der Waals surface area contributed by atoms with Gasteiger partial charge in [0.25, 0.3) is 0 Å². The van der Waals surface area contributed by atoms with Crippen LogP contribution in [0.5, 0.6) is 0 Å². The molecular weight excluding hydrogens is 308 g/mol. The van der Waals surface area contributed by atoms with Crippen LogP contribution in [0.4, 0.5) is 0 Å². The van der Waals surface area contributed by atoms with E-state index >= 15 is 0 Å². The average molecular weight is 325 g/mol. The zero-order chi connectivity index (χ0) is 12.1. The summed E-state index contributed by atoms with van der Waals surface area (Å²) in [4.78, 5) is 4.32. The predicted molar refractivity (Wildman–Crippen MR) is 75.2 cm³/mol. The van der Waals surface area contributed by atoms with Crippen LogP contribution in [0.3, 0.4) is 0 Å². The predicted octanol–water partition coefficient (Wildman–Crippen LogP) is 2.67. The van der Waals surface area contributed by atoms with Gasteiger partial charge in [0, 0.05) is 11.3 Å². The highest BCUT2D eigenvalue weighted by atomic mass is 79.9. The molecule has 1 rings (SSSR count). The number of halogens is 1. The summed E-state index contributed by atoms with van der Waals surface area (Å²) in [5, 5.41) is 14.0. The Labute approximate surface area is 113 Å². The number of rotatable bonds is 6. The van der Waals surface area contributed by atoms with Crippen LogP contribution in [0.15, 0.2) is 9.98 Å². The lowest BCUT2D eigenvalue weighted by atomic mass is 10.2. The molecule has 92 valence electrons. The van der Waals surface area contributed by atoms with Gasteiger partial charge in [0.1, 0.15) is 5.01 Å². The fraction of sp³-hybridized carbons (Fsp3) is 0.700. The van der Waals surface area contributed by atoms with E-state index in [4.69, 9.17) is 0 Å². The Bertz CT molecular complexity index is 318. The summed E-state index contributed by atoms with van der Waals surface area (Å²) in [5.74, 6) is 0. The molecule has 0 aliphatic heterocycles. The highest BCUT2D eigenvalue weighted by Gasteiger charge is 2.19. The number of thioether (sulfide) groups is 1. The van der Waals surface area contributed by atoms with Gasteiger partial charge in [0.15, 0.2) is 0 Å². The van der Waals surface area contributed by atoms with Gasteiger partial charge in [-0.1, -0.05) is 0 Å². The topological polar surface area (TPSA) is 45.1 Å². The van der Waals surface area contributed by atoms with Crippen molar-refractivity contribution in [3.05, 3.63) is 15.0 Å². The van der Waals surface area contributed by atoms with E-state index < -0.39 is 0 Å².